The molecule has 1 fully saturated rings. The van der Waals surface area contributed by atoms with Gasteiger partial charge in [0.1, 0.15) is 18.5 Å². The minimum atomic E-state index is -0.590. The number of β-amino-alcohol motifs (C(OH)–C–C–N with tert-alkyl or cyclic N) is 1. The molecule has 0 saturated carbocycles. The van der Waals surface area contributed by atoms with Crippen molar-refractivity contribution in [2.45, 2.75) is 38.7 Å². The molecule has 1 saturated heterocycles. The number of benzene rings is 2. The number of fused-ring (bicyclic) bond motifs is 2. The zero-order chi connectivity index (χ0) is 25.8. The summed E-state index contributed by atoms with van der Waals surface area (Å²) in [6.45, 7) is 4.02. The molecule has 2 aromatic carbocycles. The molecule has 1 aliphatic carbocycles. The molecule has 2 N–H and O–H groups in total. The third-order valence-electron chi connectivity index (χ3n) is 7.03. The fourth-order valence-corrected chi connectivity index (χ4v) is 5.46. The maximum absolute atomic E-state index is 11.2. The molecule has 1 aromatic heterocycles. The van der Waals surface area contributed by atoms with Crippen molar-refractivity contribution in [1.82, 2.24) is 9.88 Å². The summed E-state index contributed by atoms with van der Waals surface area (Å²) in [5, 5.41) is 14.1. The number of amides is 1. The zero-order valence-corrected chi connectivity index (χ0v) is 21.8. The average molecular weight is 518 g/mol. The number of carbonyl (C=O) groups excluding carboxylic acids is 1. The van der Waals surface area contributed by atoms with E-state index in [1.165, 1.54) is 34.8 Å². The summed E-state index contributed by atoms with van der Waals surface area (Å²) in [6.07, 6.45) is 5.09. The van der Waals surface area contributed by atoms with E-state index in [4.69, 9.17) is 21.3 Å². The van der Waals surface area contributed by atoms with E-state index in [0.29, 0.717) is 12.3 Å². The van der Waals surface area contributed by atoms with Gasteiger partial charge in [0.2, 0.25) is 5.91 Å². The molecular formula is C30H32ClN3O3. The molecule has 6 nitrogen and oxygen atoms in total. The van der Waals surface area contributed by atoms with E-state index in [1.807, 2.05) is 18.3 Å². The first-order valence-corrected chi connectivity index (χ1v) is 13.2. The van der Waals surface area contributed by atoms with Crippen LogP contribution in [0.1, 0.15) is 42.1 Å². The first-order valence-electron chi connectivity index (χ1n) is 12.8. The van der Waals surface area contributed by atoms with E-state index in [9.17, 15) is 9.90 Å². The van der Waals surface area contributed by atoms with Gasteiger partial charge in [0.15, 0.2) is 0 Å². The monoisotopic (exact) mass is 517 g/mol. The smallest absolute Gasteiger partial charge is 0.221 e. The van der Waals surface area contributed by atoms with E-state index < -0.39 is 6.10 Å². The SMILES string of the molecule is CC(=O)Nc1ccc(OCC(O)CN2CCC(=C3c4ccc(Cl)cc4CCc4cccnc43)CC2)cc1. The normalized spacial score (nSPS) is 16.4. The lowest BCUT2D eigenvalue weighted by molar-refractivity contribution is -0.114. The highest BCUT2D eigenvalue weighted by atomic mass is 35.5. The van der Waals surface area contributed by atoms with E-state index in [2.05, 4.69) is 28.4 Å². The highest BCUT2D eigenvalue weighted by molar-refractivity contribution is 6.30. The van der Waals surface area contributed by atoms with Gasteiger partial charge in [-0.2, -0.15) is 0 Å². The van der Waals surface area contributed by atoms with Crippen LogP contribution in [0, 0.1) is 0 Å². The van der Waals surface area contributed by atoms with E-state index in [-0.39, 0.29) is 12.5 Å². The number of hydrogen-bond donors (Lipinski definition) is 2. The van der Waals surface area contributed by atoms with Gasteiger partial charge in [0.05, 0.1) is 5.69 Å². The summed E-state index contributed by atoms with van der Waals surface area (Å²) in [4.78, 5) is 18.3. The van der Waals surface area contributed by atoms with Crippen LogP contribution in [0.15, 0.2) is 66.4 Å². The molecule has 7 heteroatoms. The molecule has 37 heavy (non-hydrogen) atoms. The van der Waals surface area contributed by atoms with Crippen molar-refractivity contribution in [3.05, 3.63) is 93.8 Å². The minimum Gasteiger partial charge on any atom is -0.491 e. The Labute approximate surface area is 222 Å². The molecule has 1 unspecified atom stereocenters. The van der Waals surface area contributed by atoms with Crippen LogP contribution < -0.4 is 10.1 Å². The lowest BCUT2D eigenvalue weighted by Gasteiger charge is -2.31. The second kappa shape index (κ2) is 11.5. The number of carbonyl (C=O) groups is 1. The molecular weight excluding hydrogens is 486 g/mol. The molecule has 1 atom stereocenters. The molecule has 2 heterocycles. The third-order valence-corrected chi connectivity index (χ3v) is 7.26. The number of halogens is 1. The Hall–Kier alpha value is -3.19. The van der Waals surface area contributed by atoms with Crippen LogP contribution in [-0.2, 0) is 17.6 Å². The maximum Gasteiger partial charge on any atom is 0.221 e. The zero-order valence-electron chi connectivity index (χ0n) is 21.0. The topological polar surface area (TPSA) is 74.7 Å². The molecule has 0 bridgehead atoms. The number of rotatable bonds is 6. The van der Waals surface area contributed by atoms with Crippen molar-refractivity contribution in [2.24, 2.45) is 0 Å². The Morgan fingerprint density at radius 1 is 1.08 bits per heavy atom. The van der Waals surface area contributed by atoms with E-state index >= 15 is 0 Å². The Balaban J connectivity index is 1.23. The van der Waals surface area contributed by atoms with Gasteiger partial charge in [-0.3, -0.25) is 14.7 Å². The minimum absolute atomic E-state index is 0.113. The number of aryl methyl sites for hydroxylation is 2. The largest absolute Gasteiger partial charge is 0.491 e. The van der Waals surface area contributed by atoms with Crippen LogP contribution in [0.3, 0.4) is 0 Å². The van der Waals surface area contributed by atoms with E-state index in [0.717, 1.165) is 55.2 Å². The number of ether oxygens (including phenoxy) is 1. The number of pyridine rings is 1. The van der Waals surface area contributed by atoms with Gasteiger partial charge in [0.25, 0.3) is 0 Å². The predicted molar refractivity (Wildman–Crippen MR) is 147 cm³/mol. The number of aliphatic hydroxyl groups is 1. The number of aliphatic hydroxyl groups excluding tert-OH is 1. The summed E-state index contributed by atoms with van der Waals surface area (Å²) in [7, 11) is 0. The molecule has 2 aliphatic rings. The van der Waals surface area contributed by atoms with Crippen LogP contribution >= 0.6 is 11.6 Å². The molecule has 192 valence electrons. The average Bonchev–Trinajstić information content (AvgIpc) is 3.05. The summed E-state index contributed by atoms with van der Waals surface area (Å²) >= 11 is 6.34. The van der Waals surface area contributed by atoms with Crippen molar-refractivity contribution in [2.75, 3.05) is 31.6 Å². The molecule has 1 aliphatic heterocycles. The summed E-state index contributed by atoms with van der Waals surface area (Å²) in [5.74, 6) is 0.551. The lowest BCUT2D eigenvalue weighted by atomic mass is 9.88. The van der Waals surface area contributed by atoms with Crippen molar-refractivity contribution in [3.63, 3.8) is 0 Å². The highest BCUT2D eigenvalue weighted by Crippen LogP contribution is 2.38. The fraction of sp³-hybridized carbons (Fsp3) is 0.333. The number of aromatic nitrogens is 1. The number of likely N-dealkylation sites (tertiary alicyclic amines) is 1. The number of nitrogens with zero attached hydrogens (tertiary/aromatic N) is 2. The number of anilines is 1. The Morgan fingerprint density at radius 2 is 1.84 bits per heavy atom. The first-order chi connectivity index (χ1) is 18.0. The second-order valence-electron chi connectivity index (χ2n) is 9.76. The summed E-state index contributed by atoms with van der Waals surface area (Å²) in [6, 6.07) is 17.6. The molecule has 5 rings (SSSR count). The van der Waals surface area contributed by atoms with E-state index in [1.54, 1.807) is 24.3 Å². The Morgan fingerprint density at radius 3 is 2.59 bits per heavy atom. The van der Waals surface area contributed by atoms with Crippen molar-refractivity contribution in [3.8, 4) is 5.75 Å². The quantitative estimate of drug-likeness (QED) is 0.474. The number of nitrogens with one attached hydrogen (secondary N) is 1. The molecule has 3 aromatic rings. The van der Waals surface area contributed by atoms with Crippen LogP contribution in [0.5, 0.6) is 5.75 Å². The Kier molecular flexibility index (Phi) is 7.89. The van der Waals surface area contributed by atoms with Gasteiger partial charge in [-0.1, -0.05) is 29.3 Å². The van der Waals surface area contributed by atoms with Gasteiger partial charge in [-0.25, -0.2) is 0 Å². The van der Waals surface area contributed by atoms with Crippen LogP contribution in [-0.4, -0.2) is 53.2 Å². The predicted octanol–water partition coefficient (Wildman–Crippen LogP) is 5.13. The summed E-state index contributed by atoms with van der Waals surface area (Å²) in [5.41, 5.74) is 8.34. The van der Waals surface area contributed by atoms with Crippen LogP contribution in [0.4, 0.5) is 5.69 Å². The standard InChI is InChI=1S/C30H32ClN3O3/c1-20(35)33-25-7-9-27(10-8-25)37-19-26(36)18-34-15-12-21(13-16-34)29-28-11-6-24(31)17-23(28)5-4-22-3-2-14-32-30(22)29/h2-3,6-11,14,17,26,36H,4-5,12-13,15-16,18-19H2,1H3,(H,33,35). The molecule has 1 amide bonds. The maximum atomic E-state index is 11.2. The Bertz CT molecular complexity index is 1300. The van der Waals surface area contributed by atoms with Gasteiger partial charge < -0.3 is 15.2 Å². The molecule has 0 radical (unpaired) electrons. The van der Waals surface area contributed by atoms with Gasteiger partial charge >= 0.3 is 0 Å². The van der Waals surface area contributed by atoms with Crippen molar-refractivity contribution < 1.29 is 14.6 Å². The van der Waals surface area contributed by atoms with Crippen molar-refractivity contribution >= 4 is 28.8 Å². The van der Waals surface area contributed by atoms with Gasteiger partial charge in [-0.05, 0) is 84.8 Å². The highest BCUT2D eigenvalue weighted by Gasteiger charge is 2.25. The third kappa shape index (κ3) is 6.21. The number of piperidine rings is 1. The first kappa shape index (κ1) is 25.5. The summed E-state index contributed by atoms with van der Waals surface area (Å²) < 4.78 is 5.77. The second-order valence-corrected chi connectivity index (χ2v) is 10.2. The lowest BCUT2D eigenvalue weighted by Crippen LogP contribution is -2.39. The van der Waals surface area contributed by atoms with Gasteiger partial charge in [0, 0.05) is 49.0 Å². The fourth-order valence-electron chi connectivity index (χ4n) is 5.27. The van der Waals surface area contributed by atoms with Crippen molar-refractivity contribution in [1.29, 1.82) is 0 Å². The molecule has 0 spiro atoms. The van der Waals surface area contributed by atoms with Crippen LogP contribution in [0.25, 0.3) is 5.57 Å². The van der Waals surface area contributed by atoms with Crippen LogP contribution in [0.2, 0.25) is 5.02 Å². The number of hydrogen-bond acceptors (Lipinski definition) is 5. The van der Waals surface area contributed by atoms with Gasteiger partial charge in [-0.15, -0.1) is 0 Å².